The van der Waals surface area contributed by atoms with Crippen LogP contribution in [0.25, 0.3) is 0 Å². The highest BCUT2D eigenvalue weighted by molar-refractivity contribution is 5.85. The molecule has 0 bridgehead atoms. The molecule has 70 valence electrons. The van der Waals surface area contributed by atoms with Crippen LogP contribution in [0, 0.1) is 0 Å². The molecule has 0 radical (unpaired) electrons. The number of aromatic nitrogens is 2. The average Bonchev–Trinajstić information content (AvgIpc) is 2.03. The molecule has 0 aliphatic rings. The van der Waals surface area contributed by atoms with E-state index < -0.39 is 0 Å². The summed E-state index contributed by atoms with van der Waals surface area (Å²) in [7, 11) is 1.92. The maximum atomic E-state index is 4.07. The zero-order chi connectivity index (χ0) is 7.23. The summed E-state index contributed by atoms with van der Waals surface area (Å²) in [6.45, 7) is 0.935. The highest BCUT2D eigenvalue weighted by Crippen LogP contribution is 1.86. The van der Waals surface area contributed by atoms with Crippen molar-refractivity contribution < 1.29 is 0 Å². The molecule has 1 aromatic rings. The first-order chi connectivity index (χ1) is 4.93. The Kier molecular flexibility index (Phi) is 10.3. The fourth-order valence-electron chi connectivity index (χ4n) is 0.696. The Morgan fingerprint density at radius 2 is 1.83 bits per heavy atom. The van der Waals surface area contributed by atoms with Crippen LogP contribution in [0.15, 0.2) is 18.5 Å². The first-order valence-electron chi connectivity index (χ1n) is 3.34. The van der Waals surface area contributed by atoms with E-state index in [1.54, 1.807) is 12.4 Å². The number of halogens is 2. The Morgan fingerprint density at radius 1 is 1.25 bits per heavy atom. The van der Waals surface area contributed by atoms with Gasteiger partial charge in [0.1, 0.15) is 5.82 Å². The first-order valence-corrected chi connectivity index (χ1v) is 3.34. The van der Waals surface area contributed by atoms with E-state index in [1.807, 2.05) is 13.1 Å². The topological polar surface area (TPSA) is 37.8 Å². The second kappa shape index (κ2) is 8.71. The molecule has 0 saturated carbocycles. The number of rotatable bonds is 3. The quantitative estimate of drug-likeness (QED) is 0.811. The molecule has 0 unspecified atom stereocenters. The molecule has 3 nitrogen and oxygen atoms in total. The third kappa shape index (κ3) is 5.29. The Hall–Kier alpha value is -0.380. The second-order valence-electron chi connectivity index (χ2n) is 2.02. The van der Waals surface area contributed by atoms with Gasteiger partial charge in [0.2, 0.25) is 0 Å². The van der Waals surface area contributed by atoms with Crippen molar-refractivity contribution >= 4 is 24.8 Å². The van der Waals surface area contributed by atoms with Gasteiger partial charge in [-0.15, -0.1) is 24.8 Å². The highest BCUT2D eigenvalue weighted by Gasteiger charge is 1.90. The normalized spacial score (nSPS) is 8.08. The molecule has 0 amide bonds. The van der Waals surface area contributed by atoms with Gasteiger partial charge in [0.05, 0.1) is 0 Å². The molecule has 1 N–H and O–H groups in total. The largest absolute Gasteiger partial charge is 0.319 e. The molecule has 1 aromatic heterocycles. The molecular weight excluding hydrogens is 197 g/mol. The minimum Gasteiger partial charge on any atom is -0.319 e. The zero-order valence-electron chi connectivity index (χ0n) is 6.86. The highest BCUT2D eigenvalue weighted by atomic mass is 35.5. The van der Waals surface area contributed by atoms with Crippen LogP contribution < -0.4 is 5.32 Å². The van der Waals surface area contributed by atoms with Crippen molar-refractivity contribution in [2.24, 2.45) is 0 Å². The number of hydrogen-bond acceptors (Lipinski definition) is 3. The van der Waals surface area contributed by atoms with E-state index in [1.165, 1.54) is 0 Å². The van der Waals surface area contributed by atoms with E-state index in [-0.39, 0.29) is 24.8 Å². The van der Waals surface area contributed by atoms with Gasteiger partial charge in [0.15, 0.2) is 0 Å². The van der Waals surface area contributed by atoms with Crippen LogP contribution in [0.1, 0.15) is 5.82 Å². The molecule has 0 aliphatic heterocycles. The van der Waals surface area contributed by atoms with Crippen molar-refractivity contribution in [2.75, 3.05) is 13.6 Å². The molecule has 0 spiro atoms. The lowest BCUT2D eigenvalue weighted by Gasteiger charge is -1.95. The standard InChI is InChI=1S/C7H11N3.2ClH/c1-8-6-3-7-9-4-2-5-10-7;;/h2,4-5,8H,3,6H2,1H3;2*1H. The lowest BCUT2D eigenvalue weighted by Crippen LogP contribution is -2.11. The molecule has 12 heavy (non-hydrogen) atoms. The summed E-state index contributed by atoms with van der Waals surface area (Å²) in [5.41, 5.74) is 0. The SMILES string of the molecule is CNCCc1ncccn1.Cl.Cl. The van der Waals surface area contributed by atoms with E-state index in [0.717, 1.165) is 18.8 Å². The van der Waals surface area contributed by atoms with Crippen molar-refractivity contribution in [3.8, 4) is 0 Å². The summed E-state index contributed by atoms with van der Waals surface area (Å²) >= 11 is 0. The Bertz CT molecular complexity index is 181. The van der Waals surface area contributed by atoms with Crippen molar-refractivity contribution in [1.82, 2.24) is 15.3 Å². The van der Waals surface area contributed by atoms with Gasteiger partial charge < -0.3 is 5.32 Å². The summed E-state index contributed by atoms with van der Waals surface area (Å²) in [5, 5.41) is 3.04. The summed E-state index contributed by atoms with van der Waals surface area (Å²) < 4.78 is 0. The number of hydrogen-bond donors (Lipinski definition) is 1. The van der Waals surface area contributed by atoms with E-state index in [2.05, 4.69) is 15.3 Å². The van der Waals surface area contributed by atoms with Crippen molar-refractivity contribution in [2.45, 2.75) is 6.42 Å². The summed E-state index contributed by atoms with van der Waals surface area (Å²) in [6.07, 6.45) is 4.42. The Labute approximate surface area is 84.8 Å². The van der Waals surface area contributed by atoms with Gasteiger partial charge >= 0.3 is 0 Å². The van der Waals surface area contributed by atoms with Gasteiger partial charge in [0, 0.05) is 25.4 Å². The first kappa shape index (κ1) is 14.2. The third-order valence-corrected chi connectivity index (χ3v) is 1.22. The van der Waals surface area contributed by atoms with Crippen molar-refractivity contribution in [3.05, 3.63) is 24.3 Å². The monoisotopic (exact) mass is 209 g/mol. The summed E-state index contributed by atoms with van der Waals surface area (Å²) in [4.78, 5) is 8.13. The van der Waals surface area contributed by atoms with Gasteiger partial charge in [-0.3, -0.25) is 0 Å². The molecule has 0 atom stereocenters. The smallest absolute Gasteiger partial charge is 0.129 e. The van der Waals surface area contributed by atoms with Crippen molar-refractivity contribution in [3.63, 3.8) is 0 Å². The van der Waals surface area contributed by atoms with Crippen LogP contribution in [0.5, 0.6) is 0 Å². The number of likely N-dealkylation sites (N-methyl/N-ethyl adjacent to an activating group) is 1. The lowest BCUT2D eigenvalue weighted by atomic mass is 10.4. The molecular formula is C7H13Cl2N3. The van der Waals surface area contributed by atoms with Crippen molar-refractivity contribution in [1.29, 1.82) is 0 Å². The predicted molar refractivity (Wildman–Crippen MR) is 54.2 cm³/mol. The van der Waals surface area contributed by atoms with Gasteiger partial charge in [-0.25, -0.2) is 9.97 Å². The third-order valence-electron chi connectivity index (χ3n) is 1.22. The fourth-order valence-corrected chi connectivity index (χ4v) is 0.696. The molecule has 0 saturated heterocycles. The molecule has 0 aliphatic carbocycles. The maximum absolute atomic E-state index is 4.07. The van der Waals surface area contributed by atoms with Crippen LogP contribution in [-0.2, 0) is 6.42 Å². The van der Waals surface area contributed by atoms with Crippen LogP contribution in [0.3, 0.4) is 0 Å². The predicted octanol–water partition coefficient (Wildman–Crippen LogP) is 1.08. The van der Waals surface area contributed by atoms with Gasteiger partial charge in [0.25, 0.3) is 0 Å². The summed E-state index contributed by atoms with van der Waals surface area (Å²) in [6, 6.07) is 1.82. The lowest BCUT2D eigenvalue weighted by molar-refractivity contribution is 0.755. The molecule has 1 rings (SSSR count). The van der Waals surface area contributed by atoms with E-state index in [9.17, 15) is 0 Å². The van der Waals surface area contributed by atoms with Gasteiger partial charge in [-0.2, -0.15) is 0 Å². The molecule has 5 heteroatoms. The minimum atomic E-state index is 0. The second-order valence-corrected chi connectivity index (χ2v) is 2.02. The van der Waals surface area contributed by atoms with E-state index >= 15 is 0 Å². The van der Waals surface area contributed by atoms with Crippen LogP contribution in [0.4, 0.5) is 0 Å². The molecule has 1 heterocycles. The zero-order valence-corrected chi connectivity index (χ0v) is 8.49. The number of nitrogens with one attached hydrogen (secondary N) is 1. The van der Waals surface area contributed by atoms with E-state index in [0.29, 0.717) is 0 Å². The van der Waals surface area contributed by atoms with Crippen LogP contribution >= 0.6 is 24.8 Å². The molecule has 0 fully saturated rings. The average molecular weight is 210 g/mol. The van der Waals surface area contributed by atoms with Crippen LogP contribution in [-0.4, -0.2) is 23.6 Å². The molecule has 0 aromatic carbocycles. The summed E-state index contributed by atoms with van der Waals surface area (Å²) in [5.74, 6) is 0.900. The van der Waals surface area contributed by atoms with E-state index in [4.69, 9.17) is 0 Å². The van der Waals surface area contributed by atoms with Gasteiger partial charge in [-0.1, -0.05) is 0 Å². The number of nitrogens with zero attached hydrogens (tertiary/aromatic N) is 2. The van der Waals surface area contributed by atoms with Crippen LogP contribution in [0.2, 0.25) is 0 Å². The Balaban J connectivity index is 0. The maximum Gasteiger partial charge on any atom is 0.129 e. The van der Waals surface area contributed by atoms with Gasteiger partial charge in [-0.05, 0) is 13.1 Å². The fraction of sp³-hybridized carbons (Fsp3) is 0.429. The Morgan fingerprint density at radius 3 is 2.33 bits per heavy atom. The minimum absolute atomic E-state index is 0.